The van der Waals surface area contributed by atoms with Gasteiger partial charge in [0.2, 0.25) is 0 Å². The minimum absolute atomic E-state index is 0.0541. The lowest BCUT2D eigenvalue weighted by molar-refractivity contribution is 0.331. The van der Waals surface area contributed by atoms with Gasteiger partial charge in [0.05, 0.1) is 5.69 Å². The third-order valence-electron chi connectivity index (χ3n) is 17.9. The lowest BCUT2D eigenvalue weighted by Gasteiger charge is -2.42. The van der Waals surface area contributed by atoms with Gasteiger partial charge in [-0.05, 0) is 162 Å². The number of fused-ring (bicyclic) bond motifs is 9. The largest absolute Gasteiger partial charge is 0.455 e. The van der Waals surface area contributed by atoms with Crippen LogP contribution in [0.4, 0.5) is 28.4 Å². The molecule has 0 saturated carbocycles. The first-order chi connectivity index (χ1) is 36.7. The van der Waals surface area contributed by atoms with E-state index in [1.165, 1.54) is 78.6 Å². The van der Waals surface area contributed by atoms with Gasteiger partial charge in [0.1, 0.15) is 11.2 Å². The van der Waals surface area contributed by atoms with E-state index in [2.05, 4.69) is 277 Å². The third kappa shape index (κ3) is 7.99. The van der Waals surface area contributed by atoms with E-state index in [4.69, 9.17) is 4.42 Å². The van der Waals surface area contributed by atoms with Crippen LogP contribution in [0.2, 0.25) is 0 Å². The first-order valence-electron chi connectivity index (χ1n) is 27.9. The van der Waals surface area contributed by atoms with Crippen molar-refractivity contribution in [3.8, 4) is 44.5 Å². The average molecular weight is 1000 g/mol. The van der Waals surface area contributed by atoms with Gasteiger partial charge in [-0.15, -0.1) is 0 Å². The van der Waals surface area contributed by atoms with Crippen molar-refractivity contribution in [3.63, 3.8) is 0 Å². The lowest BCUT2D eigenvalue weighted by Crippen LogP contribution is -2.41. The summed E-state index contributed by atoms with van der Waals surface area (Å²) in [5, 5.41) is 6.29. The standard InChI is InChI=1S/C73H70BN2O/c1-69(2,3)47-29-33-62(51(37-47)46-23-17-14-18-24-46)76-63-34-30-48(70(4,5)6)38-60(63)74-67-64(76)41-54-50-25-19-20-26-65(50)77-68(54)66(67)55-39-52-53-40-58-59(72(9,10)36-35-71(58,7)8)42-56(53)73(11,12)57(52)43-61(55)75-49-31-27-45(28-32-49)44-21-15-13-16-22-44/h13-34,37-43,75H,35-36H2,1-12H3. The number of nitrogens with zero attached hydrogens (tertiary/aromatic N) is 1. The van der Waals surface area contributed by atoms with Crippen molar-refractivity contribution in [2.24, 2.45) is 0 Å². The number of furan rings is 1. The molecular weight excluding hydrogens is 932 g/mol. The molecule has 13 rings (SSSR count). The zero-order valence-corrected chi connectivity index (χ0v) is 47.1. The summed E-state index contributed by atoms with van der Waals surface area (Å²) in [5.74, 6) is 0. The topological polar surface area (TPSA) is 28.4 Å². The quantitative estimate of drug-likeness (QED) is 0.168. The molecule has 77 heavy (non-hydrogen) atoms. The summed E-state index contributed by atoms with van der Waals surface area (Å²) in [6.07, 6.45) is 2.34. The molecule has 2 heterocycles. The van der Waals surface area contributed by atoms with Crippen molar-refractivity contribution in [1.82, 2.24) is 0 Å². The van der Waals surface area contributed by atoms with Gasteiger partial charge in [0.25, 0.3) is 0 Å². The van der Waals surface area contributed by atoms with Gasteiger partial charge >= 0.3 is 0 Å². The Morgan fingerprint density at radius 2 is 1.04 bits per heavy atom. The van der Waals surface area contributed by atoms with Gasteiger partial charge in [-0.3, -0.25) is 0 Å². The van der Waals surface area contributed by atoms with E-state index in [0.29, 0.717) is 0 Å². The first-order valence-corrected chi connectivity index (χ1v) is 27.9. The zero-order valence-electron chi connectivity index (χ0n) is 47.1. The van der Waals surface area contributed by atoms with Crippen molar-refractivity contribution in [3.05, 3.63) is 209 Å². The first kappa shape index (κ1) is 49.0. The number of hydrogen-bond acceptors (Lipinski definition) is 3. The Balaban J connectivity index is 1.13. The Morgan fingerprint density at radius 3 is 1.71 bits per heavy atom. The van der Waals surface area contributed by atoms with E-state index < -0.39 is 0 Å². The molecule has 0 atom stereocenters. The summed E-state index contributed by atoms with van der Waals surface area (Å²) in [6, 6.07) is 66.1. The highest BCUT2D eigenvalue weighted by Gasteiger charge is 2.44. The van der Waals surface area contributed by atoms with Crippen LogP contribution < -0.4 is 21.1 Å². The number of nitrogens with one attached hydrogen (secondary N) is 1. The molecule has 381 valence electrons. The Morgan fingerprint density at radius 1 is 0.468 bits per heavy atom. The predicted molar refractivity (Wildman–Crippen MR) is 330 cm³/mol. The molecule has 4 heteroatoms. The number of hydrogen-bond donors (Lipinski definition) is 1. The van der Waals surface area contributed by atoms with Crippen LogP contribution in [0.15, 0.2) is 180 Å². The maximum atomic E-state index is 7.32. The molecular formula is C73H70BN2O. The van der Waals surface area contributed by atoms with E-state index in [9.17, 15) is 0 Å². The Bertz CT molecular complexity index is 4010. The smallest absolute Gasteiger partial charge is 0.198 e. The summed E-state index contributed by atoms with van der Waals surface area (Å²) >= 11 is 0. The lowest BCUT2D eigenvalue weighted by atomic mass is 9.57. The molecule has 2 aliphatic carbocycles. The van der Waals surface area contributed by atoms with Crippen LogP contribution in [-0.4, -0.2) is 7.28 Å². The monoisotopic (exact) mass is 1000 g/mol. The molecule has 3 nitrogen and oxygen atoms in total. The second kappa shape index (κ2) is 17.2. The molecule has 1 aliphatic heterocycles. The van der Waals surface area contributed by atoms with Gasteiger partial charge in [0.15, 0.2) is 7.28 Å². The molecule has 0 bridgehead atoms. The molecule has 0 amide bonds. The van der Waals surface area contributed by atoms with Crippen molar-refractivity contribution < 1.29 is 4.42 Å². The van der Waals surface area contributed by atoms with Crippen LogP contribution in [0.5, 0.6) is 0 Å². The minimum Gasteiger partial charge on any atom is -0.455 e. The van der Waals surface area contributed by atoms with Crippen LogP contribution in [0.25, 0.3) is 66.4 Å². The average Bonchev–Trinajstić information content (AvgIpc) is 4.16. The fourth-order valence-electron chi connectivity index (χ4n) is 13.1. The van der Waals surface area contributed by atoms with Crippen LogP contribution in [0.1, 0.15) is 129 Å². The summed E-state index contributed by atoms with van der Waals surface area (Å²) < 4.78 is 7.32. The van der Waals surface area contributed by atoms with Crippen LogP contribution in [-0.2, 0) is 27.1 Å². The van der Waals surface area contributed by atoms with Crippen LogP contribution in [0, 0.1) is 0 Å². The fraction of sp³-hybridized carbons (Fsp3) is 0.260. The van der Waals surface area contributed by atoms with Crippen molar-refractivity contribution in [2.45, 2.75) is 123 Å². The Labute approximate surface area is 457 Å². The number of para-hydroxylation sites is 1. The molecule has 9 aromatic carbocycles. The normalized spacial score (nSPS) is 15.8. The van der Waals surface area contributed by atoms with Gasteiger partial charge in [-0.1, -0.05) is 204 Å². The highest BCUT2D eigenvalue weighted by Crippen LogP contribution is 2.57. The second-order valence-corrected chi connectivity index (χ2v) is 26.4. The van der Waals surface area contributed by atoms with Crippen LogP contribution >= 0.6 is 0 Å². The Kier molecular flexibility index (Phi) is 11.0. The molecule has 1 radical (unpaired) electrons. The molecule has 1 N–H and O–H groups in total. The maximum absolute atomic E-state index is 7.32. The molecule has 0 fully saturated rings. The van der Waals surface area contributed by atoms with E-state index in [-0.39, 0.29) is 27.1 Å². The summed E-state index contributed by atoms with van der Waals surface area (Å²) in [6.45, 7) is 28.6. The molecule has 10 aromatic rings. The van der Waals surface area contributed by atoms with Gasteiger partial charge in [0, 0.05) is 55.6 Å². The molecule has 3 aliphatic rings. The van der Waals surface area contributed by atoms with Crippen LogP contribution in [0.3, 0.4) is 0 Å². The second-order valence-electron chi connectivity index (χ2n) is 26.4. The number of rotatable bonds is 6. The maximum Gasteiger partial charge on any atom is 0.198 e. The fourth-order valence-corrected chi connectivity index (χ4v) is 13.1. The van der Waals surface area contributed by atoms with Crippen molar-refractivity contribution in [2.75, 3.05) is 10.2 Å². The number of benzene rings is 9. The molecule has 0 saturated heterocycles. The van der Waals surface area contributed by atoms with E-state index in [1.54, 1.807) is 0 Å². The van der Waals surface area contributed by atoms with Gasteiger partial charge in [-0.25, -0.2) is 0 Å². The SMILES string of the molecule is CC(C)(C)c1ccc2c(c1)[B]c1c(cc3c(oc4ccccc43)c1-c1cc3c(cc1Nc1ccc(-c4ccccc4)cc1)C(C)(C)c1cc4c(cc1-3)C(C)(C)CCC4(C)C)N2c1ccc(C(C)(C)C)cc1-c1ccccc1. The predicted octanol–water partition coefficient (Wildman–Crippen LogP) is 19.0. The highest BCUT2D eigenvalue weighted by atomic mass is 16.3. The van der Waals surface area contributed by atoms with E-state index in [0.717, 1.165) is 73.4 Å². The number of anilines is 5. The molecule has 1 aromatic heterocycles. The highest BCUT2D eigenvalue weighted by molar-refractivity contribution is 6.74. The van der Waals surface area contributed by atoms with Crippen molar-refractivity contribution >= 4 is 68.6 Å². The summed E-state index contributed by atoms with van der Waals surface area (Å²) in [5.41, 5.74) is 27.2. The summed E-state index contributed by atoms with van der Waals surface area (Å²) in [4.78, 5) is 2.56. The zero-order chi connectivity index (χ0) is 53.6. The third-order valence-corrected chi connectivity index (χ3v) is 17.9. The van der Waals surface area contributed by atoms with E-state index >= 15 is 0 Å². The van der Waals surface area contributed by atoms with Gasteiger partial charge in [-0.2, -0.15) is 0 Å². The molecule has 0 spiro atoms. The Hall–Kier alpha value is -7.56. The summed E-state index contributed by atoms with van der Waals surface area (Å²) in [7, 11) is 2.47. The van der Waals surface area contributed by atoms with E-state index in [1.807, 2.05) is 0 Å². The van der Waals surface area contributed by atoms with Gasteiger partial charge < -0.3 is 14.6 Å². The molecule has 0 unspecified atom stereocenters. The van der Waals surface area contributed by atoms with Crippen molar-refractivity contribution in [1.29, 1.82) is 0 Å². The minimum atomic E-state index is -0.257.